The van der Waals surface area contributed by atoms with Gasteiger partial charge in [-0.15, -0.1) is 0 Å². The molecule has 4 heteroatoms. The van der Waals surface area contributed by atoms with E-state index in [0.29, 0.717) is 0 Å². The van der Waals surface area contributed by atoms with Crippen LogP contribution < -0.4 is 5.32 Å². The van der Waals surface area contributed by atoms with Crippen molar-refractivity contribution < 1.29 is 9.18 Å². The fraction of sp³-hybridized carbons (Fsp3) is 0.111. The number of hydrogen-bond acceptors (Lipinski definition) is 2. The normalized spacial score (nSPS) is 9.00. The van der Waals surface area contributed by atoms with Gasteiger partial charge >= 0.3 is 0 Å². The van der Waals surface area contributed by atoms with Gasteiger partial charge in [0.15, 0.2) is 0 Å². The van der Waals surface area contributed by atoms with Crippen molar-refractivity contribution in [1.29, 1.82) is 5.26 Å². The molecule has 1 rings (SSSR count). The van der Waals surface area contributed by atoms with Gasteiger partial charge in [0.1, 0.15) is 17.4 Å². The second-order valence-electron chi connectivity index (χ2n) is 2.46. The van der Waals surface area contributed by atoms with Crippen molar-refractivity contribution >= 4 is 11.6 Å². The highest BCUT2D eigenvalue weighted by atomic mass is 19.1. The Hall–Kier alpha value is -1.89. The van der Waals surface area contributed by atoms with E-state index in [0.717, 1.165) is 0 Å². The fourth-order valence-corrected chi connectivity index (χ4v) is 0.932. The number of benzene rings is 1. The minimum Gasteiger partial charge on any atom is -0.325 e. The topological polar surface area (TPSA) is 52.9 Å². The molecule has 0 unspecified atom stereocenters. The maximum atomic E-state index is 12.9. The van der Waals surface area contributed by atoms with E-state index in [1.165, 1.54) is 25.1 Å². The molecule has 0 aliphatic heterocycles. The van der Waals surface area contributed by atoms with Crippen LogP contribution in [0.3, 0.4) is 0 Å². The lowest BCUT2D eigenvalue weighted by atomic mass is 10.2. The average molecular weight is 178 g/mol. The molecular formula is C9H7FN2O. The van der Waals surface area contributed by atoms with Crippen LogP contribution in [0.2, 0.25) is 0 Å². The van der Waals surface area contributed by atoms with E-state index in [2.05, 4.69) is 5.32 Å². The van der Waals surface area contributed by atoms with Gasteiger partial charge in [0.2, 0.25) is 5.91 Å². The third kappa shape index (κ3) is 2.03. The Bertz CT molecular complexity index is 382. The van der Waals surface area contributed by atoms with Crippen LogP contribution in [0.15, 0.2) is 18.2 Å². The van der Waals surface area contributed by atoms with Gasteiger partial charge in [0, 0.05) is 6.92 Å². The van der Waals surface area contributed by atoms with Crippen LogP contribution in [0, 0.1) is 17.1 Å². The predicted molar refractivity (Wildman–Crippen MR) is 45.4 cm³/mol. The van der Waals surface area contributed by atoms with Gasteiger partial charge in [-0.25, -0.2) is 4.39 Å². The first-order valence-electron chi connectivity index (χ1n) is 3.61. The molecule has 66 valence electrons. The van der Waals surface area contributed by atoms with Gasteiger partial charge < -0.3 is 5.32 Å². The molecular weight excluding hydrogens is 171 g/mol. The van der Waals surface area contributed by atoms with Crippen molar-refractivity contribution in [3.8, 4) is 6.07 Å². The van der Waals surface area contributed by atoms with Gasteiger partial charge in [-0.1, -0.05) is 6.07 Å². The van der Waals surface area contributed by atoms with Crippen LogP contribution in [0.4, 0.5) is 10.1 Å². The zero-order chi connectivity index (χ0) is 9.84. The van der Waals surface area contributed by atoms with Gasteiger partial charge in [0.05, 0.1) is 5.69 Å². The van der Waals surface area contributed by atoms with E-state index in [9.17, 15) is 9.18 Å². The Morgan fingerprint density at radius 2 is 2.31 bits per heavy atom. The van der Waals surface area contributed by atoms with Crippen molar-refractivity contribution in [3.63, 3.8) is 0 Å². The zero-order valence-corrected chi connectivity index (χ0v) is 6.97. The molecule has 0 saturated heterocycles. The van der Waals surface area contributed by atoms with E-state index in [4.69, 9.17) is 5.26 Å². The van der Waals surface area contributed by atoms with E-state index >= 15 is 0 Å². The Morgan fingerprint density at radius 3 is 2.85 bits per heavy atom. The molecule has 0 saturated carbocycles. The summed E-state index contributed by atoms with van der Waals surface area (Å²) in [6.07, 6.45) is 0. The Balaban J connectivity index is 3.14. The minimum atomic E-state index is -0.631. The molecule has 0 atom stereocenters. The van der Waals surface area contributed by atoms with Crippen molar-refractivity contribution in [1.82, 2.24) is 0 Å². The molecule has 3 nitrogen and oxygen atoms in total. The number of nitrogens with zero attached hydrogens (tertiary/aromatic N) is 1. The van der Waals surface area contributed by atoms with E-state index in [1.807, 2.05) is 0 Å². The van der Waals surface area contributed by atoms with Gasteiger partial charge in [-0.3, -0.25) is 4.79 Å². The molecule has 1 amide bonds. The SMILES string of the molecule is CC(=O)Nc1cccc(F)c1C#N. The van der Waals surface area contributed by atoms with Gasteiger partial charge in [0.25, 0.3) is 0 Å². The Morgan fingerprint density at radius 1 is 1.62 bits per heavy atom. The number of hydrogen-bond donors (Lipinski definition) is 1. The quantitative estimate of drug-likeness (QED) is 0.710. The maximum absolute atomic E-state index is 12.9. The van der Waals surface area contributed by atoms with Crippen molar-refractivity contribution in [2.75, 3.05) is 5.32 Å². The first-order chi connectivity index (χ1) is 6.15. The monoisotopic (exact) mass is 178 g/mol. The van der Waals surface area contributed by atoms with Crippen LogP contribution in [0.25, 0.3) is 0 Å². The first kappa shape index (κ1) is 9.20. The molecule has 0 aliphatic rings. The number of halogens is 1. The van der Waals surface area contributed by atoms with E-state index < -0.39 is 5.82 Å². The maximum Gasteiger partial charge on any atom is 0.221 e. The standard InChI is InChI=1S/C9H7FN2O/c1-6(13)12-9-4-2-3-8(10)7(9)5-11/h2-4H,1H3,(H,12,13). The summed E-state index contributed by atoms with van der Waals surface area (Å²) in [5, 5.41) is 10.9. The lowest BCUT2D eigenvalue weighted by Crippen LogP contribution is -2.07. The summed E-state index contributed by atoms with van der Waals surface area (Å²) in [5.41, 5.74) is 0.0627. The van der Waals surface area contributed by atoms with Crippen LogP contribution in [0.5, 0.6) is 0 Å². The molecule has 0 heterocycles. The summed E-state index contributed by atoms with van der Waals surface area (Å²) < 4.78 is 12.9. The summed E-state index contributed by atoms with van der Waals surface area (Å²) in [5.74, 6) is -0.962. The second kappa shape index (κ2) is 3.68. The summed E-state index contributed by atoms with van der Waals surface area (Å²) >= 11 is 0. The molecule has 0 bridgehead atoms. The van der Waals surface area contributed by atoms with Crippen LogP contribution in [-0.4, -0.2) is 5.91 Å². The Kier molecular flexibility index (Phi) is 2.60. The van der Waals surface area contributed by atoms with Crippen LogP contribution >= 0.6 is 0 Å². The smallest absolute Gasteiger partial charge is 0.221 e. The number of nitriles is 1. The molecule has 1 N–H and O–H groups in total. The fourth-order valence-electron chi connectivity index (χ4n) is 0.932. The predicted octanol–water partition coefficient (Wildman–Crippen LogP) is 1.66. The highest BCUT2D eigenvalue weighted by molar-refractivity contribution is 5.90. The molecule has 0 radical (unpaired) electrons. The van der Waals surface area contributed by atoms with Crippen LogP contribution in [-0.2, 0) is 4.79 Å². The van der Waals surface area contributed by atoms with Crippen molar-refractivity contribution in [2.24, 2.45) is 0 Å². The number of rotatable bonds is 1. The van der Waals surface area contributed by atoms with E-state index in [-0.39, 0.29) is 17.2 Å². The Labute approximate surface area is 74.8 Å². The molecule has 13 heavy (non-hydrogen) atoms. The first-order valence-corrected chi connectivity index (χ1v) is 3.61. The van der Waals surface area contributed by atoms with Gasteiger partial charge in [-0.05, 0) is 12.1 Å². The number of amides is 1. The third-order valence-electron chi connectivity index (χ3n) is 1.44. The lowest BCUT2D eigenvalue weighted by Gasteiger charge is -2.03. The lowest BCUT2D eigenvalue weighted by molar-refractivity contribution is -0.114. The minimum absolute atomic E-state index is 0.141. The van der Waals surface area contributed by atoms with Gasteiger partial charge in [-0.2, -0.15) is 5.26 Å². The molecule has 1 aromatic carbocycles. The molecule has 0 aliphatic carbocycles. The van der Waals surface area contributed by atoms with Crippen molar-refractivity contribution in [3.05, 3.63) is 29.6 Å². The third-order valence-corrected chi connectivity index (χ3v) is 1.44. The summed E-state index contributed by atoms with van der Waals surface area (Å²) in [7, 11) is 0. The molecule has 0 aromatic heterocycles. The van der Waals surface area contributed by atoms with Crippen LogP contribution in [0.1, 0.15) is 12.5 Å². The second-order valence-corrected chi connectivity index (χ2v) is 2.46. The summed E-state index contributed by atoms with van der Waals surface area (Å²) in [6, 6.07) is 5.76. The molecule has 0 spiro atoms. The number of carbonyl (C=O) groups is 1. The number of nitrogens with one attached hydrogen (secondary N) is 1. The largest absolute Gasteiger partial charge is 0.325 e. The zero-order valence-electron chi connectivity index (χ0n) is 6.97. The molecule has 1 aromatic rings. The summed E-state index contributed by atoms with van der Waals surface area (Å²) in [4.78, 5) is 10.6. The number of anilines is 1. The summed E-state index contributed by atoms with van der Waals surface area (Å²) in [6.45, 7) is 1.30. The highest BCUT2D eigenvalue weighted by Crippen LogP contribution is 2.17. The van der Waals surface area contributed by atoms with Crippen molar-refractivity contribution in [2.45, 2.75) is 6.92 Å². The molecule has 0 fully saturated rings. The highest BCUT2D eigenvalue weighted by Gasteiger charge is 2.07. The van der Waals surface area contributed by atoms with E-state index in [1.54, 1.807) is 6.07 Å². The average Bonchev–Trinajstić information content (AvgIpc) is 2.03. The number of carbonyl (C=O) groups excluding carboxylic acids is 1.